The van der Waals surface area contributed by atoms with E-state index in [-0.39, 0.29) is 5.41 Å². The average molecular weight is 277 g/mol. The van der Waals surface area contributed by atoms with E-state index in [0.717, 1.165) is 17.9 Å². The highest BCUT2D eigenvalue weighted by Gasteiger charge is 2.35. The van der Waals surface area contributed by atoms with Crippen LogP contribution in [0.15, 0.2) is 30.3 Å². The van der Waals surface area contributed by atoms with Gasteiger partial charge in [-0.25, -0.2) is 0 Å². The molecule has 0 spiro atoms. The summed E-state index contributed by atoms with van der Waals surface area (Å²) in [6.45, 7) is 0. The molecule has 0 saturated heterocycles. The lowest BCUT2D eigenvalue weighted by atomic mass is 9.84. The van der Waals surface area contributed by atoms with E-state index in [1.165, 1.54) is 25.7 Å². The van der Waals surface area contributed by atoms with Crippen molar-refractivity contribution >= 4 is 11.6 Å². The molecule has 5 heteroatoms. The van der Waals surface area contributed by atoms with Crippen LogP contribution in [0.5, 0.6) is 0 Å². The number of halogens is 1. The lowest BCUT2D eigenvalue weighted by molar-refractivity contribution is 0.330. The topological polar surface area (TPSA) is 43.6 Å². The van der Waals surface area contributed by atoms with Crippen molar-refractivity contribution in [2.45, 2.75) is 32.1 Å². The molecule has 1 aromatic heterocycles. The zero-order valence-corrected chi connectivity index (χ0v) is 11.6. The summed E-state index contributed by atoms with van der Waals surface area (Å²) in [5, 5.41) is 12.1. The molecule has 1 aliphatic carbocycles. The molecule has 0 radical (unpaired) electrons. The van der Waals surface area contributed by atoms with Crippen LogP contribution in [0.25, 0.3) is 5.69 Å². The minimum absolute atomic E-state index is 0.183. The standard InChI is InChI=1S/C14H17ClN4/c15-11-14(8-4-5-9-14)10-13-16-17-18-19(13)12-6-2-1-3-7-12/h1-3,6-7H,4-5,8-11H2. The molecule has 19 heavy (non-hydrogen) atoms. The van der Waals surface area contributed by atoms with Gasteiger partial charge in [0.15, 0.2) is 5.82 Å². The minimum Gasteiger partial charge on any atom is -0.197 e. The molecule has 1 aliphatic rings. The van der Waals surface area contributed by atoms with Gasteiger partial charge in [0.05, 0.1) is 5.69 Å². The number of para-hydroxylation sites is 1. The van der Waals surface area contributed by atoms with Crippen molar-refractivity contribution in [1.29, 1.82) is 0 Å². The van der Waals surface area contributed by atoms with Crippen molar-refractivity contribution in [3.63, 3.8) is 0 Å². The van der Waals surface area contributed by atoms with Crippen LogP contribution in [-0.2, 0) is 6.42 Å². The Morgan fingerprint density at radius 2 is 1.89 bits per heavy atom. The van der Waals surface area contributed by atoms with E-state index < -0.39 is 0 Å². The van der Waals surface area contributed by atoms with Crippen LogP contribution in [0.4, 0.5) is 0 Å². The molecule has 3 rings (SSSR count). The Morgan fingerprint density at radius 1 is 1.16 bits per heavy atom. The van der Waals surface area contributed by atoms with Crippen molar-refractivity contribution in [1.82, 2.24) is 20.2 Å². The van der Waals surface area contributed by atoms with Crippen LogP contribution >= 0.6 is 11.6 Å². The van der Waals surface area contributed by atoms with Crippen molar-refractivity contribution in [3.8, 4) is 5.69 Å². The van der Waals surface area contributed by atoms with Crippen molar-refractivity contribution < 1.29 is 0 Å². The first kappa shape index (κ1) is 12.6. The average Bonchev–Trinajstić information content (AvgIpc) is 3.10. The highest BCUT2D eigenvalue weighted by Crippen LogP contribution is 2.41. The predicted octanol–water partition coefficient (Wildman–Crippen LogP) is 3.00. The number of benzene rings is 1. The SMILES string of the molecule is ClCC1(Cc2nnnn2-c2ccccc2)CCCC1. The second-order valence-electron chi connectivity index (χ2n) is 5.36. The Hall–Kier alpha value is -1.42. The van der Waals surface area contributed by atoms with Gasteiger partial charge in [-0.3, -0.25) is 0 Å². The Morgan fingerprint density at radius 3 is 2.58 bits per heavy atom. The summed E-state index contributed by atoms with van der Waals surface area (Å²) in [7, 11) is 0. The number of tetrazole rings is 1. The van der Waals surface area contributed by atoms with Gasteiger partial charge in [0, 0.05) is 12.3 Å². The van der Waals surface area contributed by atoms with Gasteiger partial charge < -0.3 is 0 Å². The summed E-state index contributed by atoms with van der Waals surface area (Å²) in [5.41, 5.74) is 1.19. The lowest BCUT2D eigenvalue weighted by Gasteiger charge is -2.25. The van der Waals surface area contributed by atoms with E-state index in [9.17, 15) is 0 Å². The summed E-state index contributed by atoms with van der Waals surface area (Å²) >= 11 is 6.20. The maximum absolute atomic E-state index is 6.20. The van der Waals surface area contributed by atoms with Crippen LogP contribution in [-0.4, -0.2) is 26.1 Å². The van der Waals surface area contributed by atoms with Gasteiger partial charge in [-0.15, -0.1) is 16.7 Å². The summed E-state index contributed by atoms with van der Waals surface area (Å²) < 4.78 is 1.83. The fourth-order valence-electron chi connectivity index (χ4n) is 2.90. The van der Waals surface area contributed by atoms with Crippen LogP contribution in [0, 0.1) is 5.41 Å². The molecule has 1 heterocycles. The van der Waals surface area contributed by atoms with Gasteiger partial charge in [0.1, 0.15) is 0 Å². The van der Waals surface area contributed by atoms with E-state index in [0.29, 0.717) is 5.88 Å². The minimum atomic E-state index is 0.183. The van der Waals surface area contributed by atoms with Crippen LogP contribution in [0.1, 0.15) is 31.5 Å². The molecule has 1 saturated carbocycles. The zero-order chi connectivity index (χ0) is 13.1. The van der Waals surface area contributed by atoms with Gasteiger partial charge in [0.2, 0.25) is 0 Å². The largest absolute Gasteiger partial charge is 0.197 e. The normalized spacial score (nSPS) is 17.7. The highest BCUT2D eigenvalue weighted by atomic mass is 35.5. The molecular formula is C14H17ClN4. The second-order valence-corrected chi connectivity index (χ2v) is 5.63. The van der Waals surface area contributed by atoms with Gasteiger partial charge in [0.25, 0.3) is 0 Å². The molecule has 100 valence electrons. The van der Waals surface area contributed by atoms with E-state index in [4.69, 9.17) is 11.6 Å². The third-order valence-corrected chi connectivity index (χ3v) is 4.58. The molecule has 0 unspecified atom stereocenters. The second kappa shape index (κ2) is 5.29. The summed E-state index contributed by atoms with van der Waals surface area (Å²) in [6.07, 6.45) is 5.74. The monoisotopic (exact) mass is 276 g/mol. The Bertz CT molecular complexity index is 531. The van der Waals surface area contributed by atoms with Crippen molar-refractivity contribution in [2.24, 2.45) is 5.41 Å². The molecule has 0 N–H and O–H groups in total. The number of rotatable bonds is 4. The quantitative estimate of drug-likeness (QED) is 0.807. The van der Waals surface area contributed by atoms with E-state index >= 15 is 0 Å². The fourth-order valence-corrected chi connectivity index (χ4v) is 3.27. The van der Waals surface area contributed by atoms with Gasteiger partial charge in [-0.1, -0.05) is 31.0 Å². The molecule has 2 aromatic rings. The van der Waals surface area contributed by atoms with Gasteiger partial charge >= 0.3 is 0 Å². The molecule has 0 amide bonds. The fraction of sp³-hybridized carbons (Fsp3) is 0.500. The van der Waals surface area contributed by atoms with Gasteiger partial charge in [-0.2, -0.15) is 4.68 Å². The third-order valence-electron chi connectivity index (χ3n) is 4.02. The van der Waals surface area contributed by atoms with E-state index in [2.05, 4.69) is 15.5 Å². The molecule has 1 fully saturated rings. The summed E-state index contributed by atoms with van der Waals surface area (Å²) in [5.74, 6) is 1.60. The molecule has 1 aromatic carbocycles. The summed E-state index contributed by atoms with van der Waals surface area (Å²) in [4.78, 5) is 0. The third kappa shape index (κ3) is 2.50. The molecular weight excluding hydrogens is 260 g/mol. The maximum Gasteiger partial charge on any atom is 0.157 e. The first-order valence-electron chi connectivity index (χ1n) is 6.72. The first-order chi connectivity index (χ1) is 9.33. The number of hydrogen-bond donors (Lipinski definition) is 0. The van der Waals surface area contributed by atoms with E-state index in [1.807, 2.05) is 35.0 Å². The Kier molecular flexibility index (Phi) is 3.51. The van der Waals surface area contributed by atoms with Gasteiger partial charge in [-0.05, 0) is 40.8 Å². The first-order valence-corrected chi connectivity index (χ1v) is 7.25. The number of hydrogen-bond acceptors (Lipinski definition) is 3. The van der Waals surface area contributed by atoms with Crippen molar-refractivity contribution in [3.05, 3.63) is 36.2 Å². The highest BCUT2D eigenvalue weighted by molar-refractivity contribution is 6.18. The predicted molar refractivity (Wildman–Crippen MR) is 74.5 cm³/mol. The lowest BCUT2D eigenvalue weighted by Crippen LogP contribution is -2.24. The maximum atomic E-state index is 6.20. The summed E-state index contributed by atoms with van der Waals surface area (Å²) in [6, 6.07) is 10.0. The Balaban J connectivity index is 1.88. The van der Waals surface area contributed by atoms with E-state index in [1.54, 1.807) is 0 Å². The smallest absolute Gasteiger partial charge is 0.157 e. The van der Waals surface area contributed by atoms with Crippen LogP contribution < -0.4 is 0 Å². The number of aromatic nitrogens is 4. The van der Waals surface area contributed by atoms with Crippen molar-refractivity contribution in [2.75, 3.05) is 5.88 Å². The van der Waals surface area contributed by atoms with Crippen LogP contribution in [0.2, 0.25) is 0 Å². The molecule has 0 atom stereocenters. The molecule has 0 bridgehead atoms. The number of nitrogens with zero attached hydrogens (tertiary/aromatic N) is 4. The van der Waals surface area contributed by atoms with Crippen LogP contribution in [0.3, 0.4) is 0 Å². The number of alkyl halides is 1. The Labute approximate surface area is 117 Å². The molecule has 0 aliphatic heterocycles. The molecule has 4 nitrogen and oxygen atoms in total. The zero-order valence-electron chi connectivity index (χ0n) is 10.8.